The van der Waals surface area contributed by atoms with Crippen molar-refractivity contribution in [2.24, 2.45) is 11.8 Å². The molecule has 0 aromatic carbocycles. The van der Waals surface area contributed by atoms with Gasteiger partial charge in [-0.3, -0.25) is 4.79 Å². The molecule has 0 heterocycles. The number of hydrogen-bond acceptors (Lipinski definition) is 5. The average molecular weight is 326 g/mol. The minimum absolute atomic E-state index is 0.133. The summed E-state index contributed by atoms with van der Waals surface area (Å²) in [6.45, 7) is 13.1. The van der Waals surface area contributed by atoms with Gasteiger partial charge in [0.05, 0.1) is 18.5 Å². The van der Waals surface area contributed by atoms with Crippen LogP contribution < -0.4 is 0 Å². The van der Waals surface area contributed by atoms with Crippen LogP contribution in [-0.2, 0) is 25.6 Å². The molecule has 0 spiro atoms. The van der Waals surface area contributed by atoms with Crippen molar-refractivity contribution in [1.29, 1.82) is 0 Å². The third kappa shape index (κ3) is 7.81. The summed E-state index contributed by atoms with van der Waals surface area (Å²) < 4.78 is 11.2. The van der Waals surface area contributed by atoms with Crippen molar-refractivity contribution >= 4 is 34.7 Å². The Morgan fingerprint density at radius 3 is 1.95 bits per heavy atom. The molecule has 0 saturated carbocycles. The summed E-state index contributed by atoms with van der Waals surface area (Å²) in [7, 11) is 0. The van der Waals surface area contributed by atoms with E-state index in [1.165, 1.54) is 11.4 Å². The standard InChI is InChI=1S/C13H27O3PS2/c1-7-15-17(18,16-8-2)19-13(11(5)6)12(14)9-10(3)4/h10-11,13H,7-9H2,1-6H3. The smallest absolute Gasteiger partial charge is 0.248 e. The molecule has 6 heteroatoms. The van der Waals surface area contributed by atoms with Crippen molar-refractivity contribution in [2.45, 2.75) is 53.2 Å². The number of ketones is 1. The Balaban J connectivity index is 4.89. The Morgan fingerprint density at radius 1 is 1.16 bits per heavy atom. The zero-order valence-corrected chi connectivity index (χ0v) is 15.4. The predicted molar refractivity (Wildman–Crippen MR) is 88.2 cm³/mol. The normalized spacial score (nSPS) is 14.1. The van der Waals surface area contributed by atoms with Crippen molar-refractivity contribution in [3.8, 4) is 0 Å². The average Bonchev–Trinajstić information content (AvgIpc) is 2.25. The topological polar surface area (TPSA) is 35.5 Å². The van der Waals surface area contributed by atoms with Crippen LogP contribution in [0.3, 0.4) is 0 Å². The first-order valence-electron chi connectivity index (χ1n) is 6.85. The van der Waals surface area contributed by atoms with Crippen molar-refractivity contribution in [3.05, 3.63) is 0 Å². The van der Waals surface area contributed by atoms with Crippen LogP contribution in [0, 0.1) is 11.8 Å². The lowest BCUT2D eigenvalue weighted by Crippen LogP contribution is -2.24. The lowest BCUT2D eigenvalue weighted by Gasteiger charge is -2.27. The third-order valence-electron chi connectivity index (χ3n) is 2.35. The van der Waals surface area contributed by atoms with E-state index in [-0.39, 0.29) is 17.0 Å². The van der Waals surface area contributed by atoms with Crippen LogP contribution in [0.5, 0.6) is 0 Å². The molecule has 0 fully saturated rings. The summed E-state index contributed by atoms with van der Waals surface area (Å²) in [6.07, 6.45) is 0.587. The second-order valence-electron chi connectivity index (χ2n) is 5.12. The first-order valence-corrected chi connectivity index (χ1v) is 11.0. The molecule has 3 nitrogen and oxygen atoms in total. The van der Waals surface area contributed by atoms with Crippen LogP contribution in [-0.4, -0.2) is 24.2 Å². The molecule has 0 aromatic heterocycles. The number of Topliss-reactive ketones (excluding diaryl/α,β-unsaturated/α-hetero) is 1. The van der Waals surface area contributed by atoms with Crippen molar-refractivity contribution in [3.63, 3.8) is 0 Å². The van der Waals surface area contributed by atoms with E-state index in [4.69, 9.17) is 20.9 Å². The van der Waals surface area contributed by atoms with E-state index in [1.807, 2.05) is 27.7 Å². The molecule has 0 aliphatic carbocycles. The lowest BCUT2D eigenvalue weighted by atomic mass is 9.99. The highest BCUT2D eigenvalue weighted by atomic mass is 32.9. The summed E-state index contributed by atoms with van der Waals surface area (Å²) in [5, 5.41) is -0.133. The van der Waals surface area contributed by atoms with Gasteiger partial charge >= 0.3 is 0 Å². The highest BCUT2D eigenvalue weighted by Gasteiger charge is 2.31. The number of hydrogen-bond donors (Lipinski definition) is 0. The van der Waals surface area contributed by atoms with Gasteiger partial charge in [0.15, 0.2) is 0 Å². The third-order valence-corrected chi connectivity index (χ3v) is 8.29. The van der Waals surface area contributed by atoms with Gasteiger partial charge < -0.3 is 9.05 Å². The van der Waals surface area contributed by atoms with Gasteiger partial charge in [-0.05, 0) is 37.5 Å². The Morgan fingerprint density at radius 2 is 1.63 bits per heavy atom. The Labute approximate surface area is 127 Å². The van der Waals surface area contributed by atoms with E-state index in [9.17, 15) is 4.79 Å². The summed E-state index contributed by atoms with van der Waals surface area (Å²) in [5.41, 5.74) is -2.40. The van der Waals surface area contributed by atoms with Gasteiger partial charge in [0.25, 0.3) is 0 Å². The van der Waals surface area contributed by atoms with Gasteiger partial charge in [0.1, 0.15) is 5.78 Å². The molecular formula is C13H27O3PS2. The zero-order chi connectivity index (χ0) is 15.1. The minimum Gasteiger partial charge on any atom is -0.322 e. The summed E-state index contributed by atoms with van der Waals surface area (Å²) >= 11 is 6.94. The summed E-state index contributed by atoms with van der Waals surface area (Å²) in [6, 6.07) is 0. The quantitative estimate of drug-likeness (QED) is 0.546. The molecule has 0 saturated heterocycles. The largest absolute Gasteiger partial charge is 0.322 e. The first kappa shape index (κ1) is 19.6. The molecule has 1 unspecified atom stereocenters. The SMILES string of the molecule is CCOP(=S)(OCC)SC(C(=O)CC(C)C)C(C)C. The molecular weight excluding hydrogens is 299 g/mol. The summed E-state index contributed by atoms with van der Waals surface area (Å²) in [4.78, 5) is 12.3. The van der Waals surface area contributed by atoms with Crippen molar-refractivity contribution in [2.75, 3.05) is 13.2 Å². The van der Waals surface area contributed by atoms with Crippen molar-refractivity contribution < 1.29 is 13.8 Å². The van der Waals surface area contributed by atoms with Gasteiger partial charge in [0.2, 0.25) is 5.69 Å². The molecule has 0 aliphatic rings. The van der Waals surface area contributed by atoms with Crippen LogP contribution >= 0.6 is 17.1 Å². The maximum Gasteiger partial charge on any atom is 0.248 e. The van der Waals surface area contributed by atoms with Crippen LogP contribution in [0.1, 0.15) is 48.0 Å². The second-order valence-corrected chi connectivity index (χ2v) is 11.5. The highest BCUT2D eigenvalue weighted by molar-refractivity contribution is 8.68. The molecule has 114 valence electrons. The van der Waals surface area contributed by atoms with Gasteiger partial charge in [-0.2, -0.15) is 0 Å². The van der Waals surface area contributed by atoms with Gasteiger partial charge in [-0.1, -0.05) is 39.1 Å². The predicted octanol–water partition coefficient (Wildman–Crippen LogP) is 4.66. The molecule has 0 radical (unpaired) electrons. The van der Waals surface area contributed by atoms with E-state index in [0.29, 0.717) is 25.6 Å². The monoisotopic (exact) mass is 326 g/mol. The van der Waals surface area contributed by atoms with Crippen molar-refractivity contribution in [1.82, 2.24) is 0 Å². The molecule has 0 amide bonds. The van der Waals surface area contributed by atoms with Crippen LogP contribution in [0.4, 0.5) is 0 Å². The number of carbonyl (C=O) groups excluding carboxylic acids is 1. The van der Waals surface area contributed by atoms with Gasteiger partial charge in [-0.15, -0.1) is 0 Å². The van der Waals surface area contributed by atoms with E-state index >= 15 is 0 Å². The molecule has 0 aromatic rings. The van der Waals surface area contributed by atoms with Gasteiger partial charge in [-0.25, -0.2) is 0 Å². The Bertz CT molecular complexity index is 309. The minimum atomic E-state index is -2.40. The lowest BCUT2D eigenvalue weighted by molar-refractivity contribution is -0.119. The van der Waals surface area contributed by atoms with Crippen LogP contribution in [0.25, 0.3) is 0 Å². The van der Waals surface area contributed by atoms with Gasteiger partial charge in [0, 0.05) is 6.42 Å². The maximum atomic E-state index is 12.3. The molecule has 0 bridgehead atoms. The van der Waals surface area contributed by atoms with Crippen LogP contribution in [0.15, 0.2) is 0 Å². The van der Waals surface area contributed by atoms with Crippen LogP contribution in [0.2, 0.25) is 0 Å². The van der Waals surface area contributed by atoms with E-state index in [1.54, 1.807) is 0 Å². The van der Waals surface area contributed by atoms with E-state index in [2.05, 4.69) is 13.8 Å². The fraction of sp³-hybridized carbons (Fsp3) is 0.923. The number of rotatable bonds is 10. The Hall–Kier alpha value is 0.590. The molecule has 0 N–H and O–H groups in total. The number of carbonyl (C=O) groups is 1. The highest BCUT2D eigenvalue weighted by Crippen LogP contribution is 2.63. The second kappa shape index (κ2) is 9.51. The molecule has 0 rings (SSSR count). The van der Waals surface area contributed by atoms with E-state index < -0.39 is 5.69 Å². The molecule has 19 heavy (non-hydrogen) atoms. The fourth-order valence-corrected chi connectivity index (χ4v) is 7.57. The Kier molecular flexibility index (Phi) is 9.81. The maximum absolute atomic E-state index is 12.3. The van der Waals surface area contributed by atoms with E-state index in [0.717, 1.165) is 0 Å². The summed E-state index contributed by atoms with van der Waals surface area (Å²) in [5.74, 6) is 0.856. The first-order chi connectivity index (χ1) is 8.75. The molecule has 1 atom stereocenters. The zero-order valence-electron chi connectivity index (χ0n) is 12.8. The molecule has 0 aliphatic heterocycles. The fourth-order valence-electron chi connectivity index (χ4n) is 1.62.